The molecule has 1 rings (SSSR count). The summed E-state index contributed by atoms with van der Waals surface area (Å²) >= 11 is 0. The summed E-state index contributed by atoms with van der Waals surface area (Å²) in [5, 5.41) is 2.54. The molecule has 2 unspecified atom stereocenters. The lowest BCUT2D eigenvalue weighted by molar-refractivity contribution is -0.127. The molecule has 0 bridgehead atoms. The lowest BCUT2D eigenvalue weighted by Crippen LogP contribution is -2.43. The summed E-state index contributed by atoms with van der Waals surface area (Å²) in [4.78, 5) is 22.6. The summed E-state index contributed by atoms with van der Waals surface area (Å²) < 4.78 is 0. The lowest BCUT2D eigenvalue weighted by Gasteiger charge is -2.15. The second-order valence-electron chi connectivity index (χ2n) is 4.02. The van der Waals surface area contributed by atoms with Crippen molar-refractivity contribution in [1.29, 1.82) is 0 Å². The van der Waals surface area contributed by atoms with Gasteiger partial charge in [-0.05, 0) is 31.5 Å². The first-order chi connectivity index (χ1) is 7.91. The monoisotopic (exact) mass is 235 g/mol. The third-order valence-corrected chi connectivity index (χ3v) is 2.59. The van der Waals surface area contributed by atoms with Crippen LogP contribution >= 0.6 is 0 Å². The van der Waals surface area contributed by atoms with E-state index in [9.17, 15) is 9.59 Å². The Bertz CT molecular complexity index is 432. The molecule has 2 amide bonds. The van der Waals surface area contributed by atoms with E-state index in [-0.39, 0.29) is 11.8 Å². The van der Waals surface area contributed by atoms with E-state index < -0.39 is 11.9 Å². The van der Waals surface area contributed by atoms with Gasteiger partial charge in [0.05, 0.1) is 5.92 Å². The fraction of sp³-hybridized carbons (Fsp3) is 0.333. The van der Waals surface area contributed by atoms with Crippen LogP contribution in [-0.4, -0.2) is 17.9 Å². The van der Waals surface area contributed by atoms with Crippen molar-refractivity contribution in [2.24, 2.45) is 5.73 Å². The maximum atomic E-state index is 11.8. The number of amides is 2. The fourth-order valence-corrected chi connectivity index (χ4v) is 1.39. The Labute approximate surface area is 100 Å². The molecule has 0 aromatic heterocycles. The average molecular weight is 235 g/mol. The van der Waals surface area contributed by atoms with E-state index in [1.807, 2.05) is 6.07 Å². The van der Waals surface area contributed by atoms with Gasteiger partial charge in [-0.2, -0.15) is 0 Å². The van der Waals surface area contributed by atoms with Gasteiger partial charge in [0.15, 0.2) is 0 Å². The number of nitrogens with two attached hydrogens (primary N) is 2. The Balaban J connectivity index is 2.73. The highest BCUT2D eigenvalue weighted by Crippen LogP contribution is 2.17. The number of hydrogen-bond acceptors (Lipinski definition) is 3. The summed E-state index contributed by atoms with van der Waals surface area (Å²) in [7, 11) is 0. The molecule has 5 N–H and O–H groups in total. The van der Waals surface area contributed by atoms with Crippen molar-refractivity contribution in [3.8, 4) is 0 Å². The summed E-state index contributed by atoms with van der Waals surface area (Å²) in [6.45, 7) is 3.30. The number of primary amides is 1. The molecular formula is C12H17N3O2. The Hall–Kier alpha value is -2.04. The summed E-state index contributed by atoms with van der Waals surface area (Å²) in [5.74, 6) is -1.18. The minimum Gasteiger partial charge on any atom is -0.399 e. The summed E-state index contributed by atoms with van der Waals surface area (Å²) in [6, 6.07) is 6.41. The van der Waals surface area contributed by atoms with Gasteiger partial charge in [-0.3, -0.25) is 9.59 Å². The van der Waals surface area contributed by atoms with Crippen molar-refractivity contribution < 1.29 is 9.59 Å². The zero-order valence-corrected chi connectivity index (χ0v) is 9.94. The predicted octanol–water partition coefficient (Wildman–Crippen LogP) is 0.362. The molecule has 0 spiro atoms. The molecule has 5 heteroatoms. The van der Waals surface area contributed by atoms with E-state index in [1.165, 1.54) is 0 Å². The van der Waals surface area contributed by atoms with Crippen molar-refractivity contribution in [3.63, 3.8) is 0 Å². The zero-order chi connectivity index (χ0) is 13.0. The second kappa shape index (κ2) is 5.34. The molecule has 0 aliphatic carbocycles. The van der Waals surface area contributed by atoms with Gasteiger partial charge in [-0.15, -0.1) is 0 Å². The van der Waals surface area contributed by atoms with Gasteiger partial charge >= 0.3 is 0 Å². The van der Waals surface area contributed by atoms with Crippen molar-refractivity contribution in [2.75, 3.05) is 5.73 Å². The van der Waals surface area contributed by atoms with Crippen molar-refractivity contribution in [1.82, 2.24) is 5.32 Å². The molecule has 0 radical (unpaired) electrons. The predicted molar refractivity (Wildman–Crippen MR) is 66.1 cm³/mol. The first kappa shape index (κ1) is 13.0. The normalized spacial score (nSPS) is 13.8. The number of carbonyl (C=O) groups is 2. The van der Waals surface area contributed by atoms with Crippen molar-refractivity contribution in [3.05, 3.63) is 29.8 Å². The van der Waals surface area contributed by atoms with Crippen LogP contribution in [0.5, 0.6) is 0 Å². The highest BCUT2D eigenvalue weighted by atomic mass is 16.2. The van der Waals surface area contributed by atoms with Crippen molar-refractivity contribution in [2.45, 2.75) is 25.8 Å². The first-order valence-corrected chi connectivity index (χ1v) is 5.37. The van der Waals surface area contributed by atoms with Gasteiger partial charge in [-0.1, -0.05) is 12.1 Å². The van der Waals surface area contributed by atoms with E-state index in [0.717, 1.165) is 5.56 Å². The minimum absolute atomic E-state index is 0.248. The number of nitrogen functional groups attached to an aromatic ring is 1. The number of nitrogens with one attached hydrogen (secondary N) is 1. The summed E-state index contributed by atoms with van der Waals surface area (Å²) in [5.41, 5.74) is 12.1. The van der Waals surface area contributed by atoms with Gasteiger partial charge in [-0.25, -0.2) is 0 Å². The van der Waals surface area contributed by atoms with Gasteiger partial charge in [0, 0.05) is 5.69 Å². The molecule has 92 valence electrons. The van der Waals surface area contributed by atoms with Crippen LogP contribution in [0.4, 0.5) is 5.69 Å². The van der Waals surface area contributed by atoms with Crippen LogP contribution in [0.1, 0.15) is 25.3 Å². The number of carbonyl (C=O) groups excluding carboxylic acids is 2. The van der Waals surface area contributed by atoms with E-state index in [4.69, 9.17) is 11.5 Å². The van der Waals surface area contributed by atoms with Crippen LogP contribution in [0.3, 0.4) is 0 Å². The van der Waals surface area contributed by atoms with E-state index in [1.54, 1.807) is 32.0 Å². The summed E-state index contributed by atoms with van der Waals surface area (Å²) in [6.07, 6.45) is 0. The minimum atomic E-state index is -0.675. The van der Waals surface area contributed by atoms with E-state index >= 15 is 0 Å². The Morgan fingerprint density at radius 3 is 2.47 bits per heavy atom. The molecule has 0 saturated carbocycles. The number of rotatable bonds is 4. The topological polar surface area (TPSA) is 98.2 Å². The maximum absolute atomic E-state index is 11.8. The van der Waals surface area contributed by atoms with Gasteiger partial charge in [0.25, 0.3) is 0 Å². The van der Waals surface area contributed by atoms with Crippen LogP contribution in [0, 0.1) is 0 Å². The molecule has 1 aromatic rings. The van der Waals surface area contributed by atoms with Gasteiger partial charge in [0.1, 0.15) is 6.04 Å². The third kappa shape index (κ3) is 3.48. The molecule has 0 aliphatic heterocycles. The zero-order valence-electron chi connectivity index (χ0n) is 9.94. The third-order valence-electron chi connectivity index (χ3n) is 2.59. The lowest BCUT2D eigenvalue weighted by atomic mass is 9.99. The van der Waals surface area contributed by atoms with Crippen molar-refractivity contribution >= 4 is 17.5 Å². The molecule has 0 heterocycles. The average Bonchev–Trinajstić information content (AvgIpc) is 2.27. The molecule has 0 saturated heterocycles. The van der Waals surface area contributed by atoms with Crippen LogP contribution in [-0.2, 0) is 9.59 Å². The molecule has 5 nitrogen and oxygen atoms in total. The van der Waals surface area contributed by atoms with Crippen LogP contribution in [0.25, 0.3) is 0 Å². The van der Waals surface area contributed by atoms with Gasteiger partial charge < -0.3 is 16.8 Å². The molecule has 1 aromatic carbocycles. The Morgan fingerprint density at radius 1 is 1.29 bits per heavy atom. The molecule has 0 fully saturated rings. The first-order valence-electron chi connectivity index (χ1n) is 5.37. The standard InChI is InChI=1S/C12H17N3O2/c1-7(9-4-3-5-10(13)6-9)12(17)15-8(2)11(14)16/h3-8H,13H2,1-2H3,(H2,14,16)(H,15,17). The maximum Gasteiger partial charge on any atom is 0.239 e. The number of hydrogen-bond donors (Lipinski definition) is 3. The fourth-order valence-electron chi connectivity index (χ4n) is 1.39. The Kier molecular flexibility index (Phi) is 4.09. The Morgan fingerprint density at radius 2 is 1.94 bits per heavy atom. The molecule has 0 aliphatic rings. The van der Waals surface area contributed by atoms with Crippen LogP contribution < -0.4 is 16.8 Å². The van der Waals surface area contributed by atoms with Crippen LogP contribution in [0.15, 0.2) is 24.3 Å². The van der Waals surface area contributed by atoms with E-state index in [0.29, 0.717) is 5.69 Å². The molecular weight excluding hydrogens is 218 g/mol. The van der Waals surface area contributed by atoms with Crippen LogP contribution in [0.2, 0.25) is 0 Å². The highest BCUT2D eigenvalue weighted by Gasteiger charge is 2.19. The number of anilines is 1. The van der Waals surface area contributed by atoms with E-state index in [2.05, 4.69) is 5.32 Å². The quantitative estimate of drug-likeness (QED) is 0.657. The smallest absolute Gasteiger partial charge is 0.239 e. The molecule has 2 atom stereocenters. The largest absolute Gasteiger partial charge is 0.399 e. The van der Waals surface area contributed by atoms with Gasteiger partial charge in [0.2, 0.25) is 11.8 Å². The highest BCUT2D eigenvalue weighted by molar-refractivity contribution is 5.89. The molecule has 17 heavy (non-hydrogen) atoms. The SMILES string of the molecule is CC(NC(=O)C(C)c1cccc(N)c1)C(N)=O. The second-order valence-corrected chi connectivity index (χ2v) is 4.02. The number of benzene rings is 1.